The van der Waals surface area contributed by atoms with Crippen molar-refractivity contribution in [3.63, 3.8) is 0 Å². The average molecular weight is 372 g/mol. The Morgan fingerprint density at radius 3 is 1.85 bits per heavy atom. The van der Waals surface area contributed by atoms with E-state index in [1.165, 1.54) is 25.3 Å². The molecule has 0 fully saturated rings. The average Bonchev–Trinajstić information content (AvgIpc) is 2.67. The maximum atomic E-state index is 12.7. The van der Waals surface area contributed by atoms with Crippen LogP contribution in [0.2, 0.25) is 0 Å². The van der Waals surface area contributed by atoms with Crippen LogP contribution in [0.15, 0.2) is 66.7 Å². The van der Waals surface area contributed by atoms with E-state index in [-0.39, 0.29) is 11.3 Å². The predicted molar refractivity (Wildman–Crippen MR) is 95.8 cm³/mol. The molecular formula is C21H15F3O3. The number of alkyl halides is 3. The molecule has 0 saturated heterocycles. The molecule has 27 heavy (non-hydrogen) atoms. The van der Waals surface area contributed by atoms with E-state index >= 15 is 0 Å². The molecule has 3 aromatic carbocycles. The van der Waals surface area contributed by atoms with E-state index in [1.54, 1.807) is 36.4 Å². The van der Waals surface area contributed by atoms with Crippen molar-refractivity contribution in [1.82, 2.24) is 0 Å². The van der Waals surface area contributed by atoms with Crippen LogP contribution in [0.5, 0.6) is 5.75 Å². The van der Waals surface area contributed by atoms with E-state index in [0.717, 1.165) is 23.3 Å². The second-order valence-corrected chi connectivity index (χ2v) is 5.84. The highest BCUT2D eigenvalue weighted by Gasteiger charge is 2.29. The quantitative estimate of drug-likeness (QED) is 0.635. The molecule has 0 aromatic heterocycles. The number of carboxylic acid groups (broad SMARTS) is 1. The summed E-state index contributed by atoms with van der Waals surface area (Å²) in [4.78, 5) is 11.3. The van der Waals surface area contributed by atoms with E-state index in [1.807, 2.05) is 0 Å². The standard InChI is InChI=1S/C21H15F3O3/c1-27-19-17(3-2-4-18(19)20(25)26)15-7-5-13(6-8-15)14-9-11-16(12-10-14)21(22,23)24/h2-12H,1H3,(H,25,26). The lowest BCUT2D eigenvalue weighted by atomic mass is 9.97. The smallest absolute Gasteiger partial charge is 0.416 e. The topological polar surface area (TPSA) is 46.5 Å². The van der Waals surface area contributed by atoms with Crippen LogP contribution in [0.3, 0.4) is 0 Å². The minimum absolute atomic E-state index is 0.0572. The van der Waals surface area contributed by atoms with Crippen LogP contribution in [0, 0.1) is 0 Å². The highest BCUT2D eigenvalue weighted by atomic mass is 19.4. The molecule has 0 aliphatic rings. The van der Waals surface area contributed by atoms with Crippen molar-refractivity contribution in [2.24, 2.45) is 0 Å². The van der Waals surface area contributed by atoms with Gasteiger partial charge in [0.2, 0.25) is 0 Å². The van der Waals surface area contributed by atoms with E-state index in [2.05, 4.69) is 0 Å². The maximum Gasteiger partial charge on any atom is 0.416 e. The summed E-state index contributed by atoms with van der Waals surface area (Å²) in [6, 6.07) is 16.9. The zero-order valence-electron chi connectivity index (χ0n) is 14.2. The normalized spacial score (nSPS) is 11.3. The molecule has 0 aliphatic carbocycles. The molecule has 0 saturated carbocycles. The summed E-state index contributed by atoms with van der Waals surface area (Å²) >= 11 is 0. The van der Waals surface area contributed by atoms with Gasteiger partial charge in [-0.25, -0.2) is 4.79 Å². The zero-order chi connectivity index (χ0) is 19.6. The van der Waals surface area contributed by atoms with Gasteiger partial charge in [0, 0.05) is 5.56 Å². The Morgan fingerprint density at radius 2 is 1.37 bits per heavy atom. The van der Waals surface area contributed by atoms with Gasteiger partial charge in [-0.05, 0) is 34.9 Å². The third-order valence-electron chi connectivity index (χ3n) is 4.19. The number of rotatable bonds is 4. The fourth-order valence-corrected chi connectivity index (χ4v) is 2.85. The van der Waals surface area contributed by atoms with Crippen molar-refractivity contribution in [2.45, 2.75) is 6.18 Å². The Hall–Kier alpha value is -3.28. The Bertz CT molecular complexity index is 959. The summed E-state index contributed by atoms with van der Waals surface area (Å²) in [7, 11) is 1.40. The largest absolute Gasteiger partial charge is 0.495 e. The van der Waals surface area contributed by atoms with Gasteiger partial charge in [-0.3, -0.25) is 0 Å². The van der Waals surface area contributed by atoms with Crippen molar-refractivity contribution in [3.05, 3.63) is 77.9 Å². The number of hydrogen-bond acceptors (Lipinski definition) is 2. The summed E-state index contributed by atoms with van der Waals surface area (Å²) in [5.74, 6) is -0.831. The second-order valence-electron chi connectivity index (χ2n) is 5.84. The number of methoxy groups -OCH3 is 1. The number of para-hydroxylation sites is 1. The van der Waals surface area contributed by atoms with E-state index in [4.69, 9.17) is 4.74 Å². The van der Waals surface area contributed by atoms with Crippen LogP contribution >= 0.6 is 0 Å². The third-order valence-corrected chi connectivity index (χ3v) is 4.19. The zero-order valence-corrected chi connectivity index (χ0v) is 14.2. The first-order valence-corrected chi connectivity index (χ1v) is 7.99. The summed E-state index contributed by atoms with van der Waals surface area (Å²) in [6.07, 6.45) is -4.37. The maximum absolute atomic E-state index is 12.7. The van der Waals surface area contributed by atoms with Gasteiger partial charge in [0.25, 0.3) is 0 Å². The SMILES string of the molecule is COc1c(C(=O)O)cccc1-c1ccc(-c2ccc(C(F)(F)F)cc2)cc1. The molecular weight excluding hydrogens is 357 g/mol. The van der Waals surface area contributed by atoms with E-state index in [0.29, 0.717) is 11.1 Å². The van der Waals surface area contributed by atoms with Gasteiger partial charge < -0.3 is 9.84 Å². The molecule has 0 heterocycles. The van der Waals surface area contributed by atoms with Gasteiger partial charge in [-0.1, -0.05) is 48.5 Å². The third kappa shape index (κ3) is 3.79. The van der Waals surface area contributed by atoms with E-state index in [9.17, 15) is 23.1 Å². The van der Waals surface area contributed by atoms with Crippen LogP contribution in [-0.4, -0.2) is 18.2 Å². The Kier molecular flexibility index (Phi) is 4.90. The van der Waals surface area contributed by atoms with Gasteiger partial charge in [0.1, 0.15) is 11.3 Å². The van der Waals surface area contributed by atoms with Crippen molar-refractivity contribution in [3.8, 4) is 28.0 Å². The molecule has 0 radical (unpaired) electrons. The van der Waals surface area contributed by atoms with Crippen LogP contribution in [0.4, 0.5) is 13.2 Å². The fraction of sp³-hybridized carbons (Fsp3) is 0.0952. The highest BCUT2D eigenvalue weighted by Crippen LogP contribution is 2.35. The van der Waals surface area contributed by atoms with Gasteiger partial charge >= 0.3 is 12.1 Å². The molecule has 0 spiro atoms. The first-order valence-electron chi connectivity index (χ1n) is 7.99. The molecule has 138 valence electrons. The predicted octanol–water partition coefficient (Wildman–Crippen LogP) is 5.75. The van der Waals surface area contributed by atoms with Crippen LogP contribution in [0.25, 0.3) is 22.3 Å². The lowest BCUT2D eigenvalue weighted by Gasteiger charge is -2.12. The Labute approximate surface area is 153 Å². The molecule has 0 aliphatic heterocycles. The molecule has 1 N–H and O–H groups in total. The first-order chi connectivity index (χ1) is 12.8. The Morgan fingerprint density at radius 1 is 0.852 bits per heavy atom. The minimum Gasteiger partial charge on any atom is -0.495 e. The summed E-state index contributed by atoms with van der Waals surface area (Å²) < 4.78 is 43.3. The van der Waals surface area contributed by atoms with Crippen LogP contribution < -0.4 is 4.74 Å². The van der Waals surface area contributed by atoms with Crippen molar-refractivity contribution < 1.29 is 27.8 Å². The van der Waals surface area contributed by atoms with Crippen molar-refractivity contribution in [2.75, 3.05) is 7.11 Å². The molecule has 6 heteroatoms. The van der Waals surface area contributed by atoms with Gasteiger partial charge in [0.05, 0.1) is 12.7 Å². The molecule has 3 rings (SSSR count). The highest BCUT2D eigenvalue weighted by molar-refractivity contribution is 5.94. The molecule has 3 nitrogen and oxygen atoms in total. The number of benzene rings is 3. The minimum atomic E-state index is -4.37. The lowest BCUT2D eigenvalue weighted by molar-refractivity contribution is -0.137. The first kappa shape index (κ1) is 18.5. The van der Waals surface area contributed by atoms with Crippen molar-refractivity contribution >= 4 is 5.97 Å². The number of ether oxygens (including phenoxy) is 1. The summed E-state index contributed by atoms with van der Waals surface area (Å²) in [5, 5.41) is 9.28. The second kappa shape index (κ2) is 7.15. The Balaban J connectivity index is 1.95. The number of carboxylic acids is 1. The molecule has 0 amide bonds. The number of halogens is 3. The fourth-order valence-electron chi connectivity index (χ4n) is 2.85. The number of carbonyl (C=O) groups is 1. The van der Waals surface area contributed by atoms with Gasteiger partial charge in [-0.2, -0.15) is 13.2 Å². The number of hydrogen-bond donors (Lipinski definition) is 1. The molecule has 0 bridgehead atoms. The van der Waals surface area contributed by atoms with E-state index < -0.39 is 17.7 Å². The number of aromatic carboxylic acids is 1. The summed E-state index contributed by atoms with van der Waals surface area (Å²) in [5.41, 5.74) is 2.13. The lowest BCUT2D eigenvalue weighted by Crippen LogP contribution is -2.03. The molecule has 0 unspecified atom stereocenters. The molecule has 3 aromatic rings. The monoisotopic (exact) mass is 372 g/mol. The van der Waals surface area contributed by atoms with Gasteiger partial charge in [-0.15, -0.1) is 0 Å². The molecule has 0 atom stereocenters. The van der Waals surface area contributed by atoms with Crippen LogP contribution in [0.1, 0.15) is 15.9 Å². The van der Waals surface area contributed by atoms with Gasteiger partial charge in [0.15, 0.2) is 0 Å². The summed E-state index contributed by atoms with van der Waals surface area (Å²) in [6.45, 7) is 0. The van der Waals surface area contributed by atoms with Crippen molar-refractivity contribution in [1.29, 1.82) is 0 Å². The van der Waals surface area contributed by atoms with Crippen LogP contribution in [-0.2, 0) is 6.18 Å².